The van der Waals surface area contributed by atoms with Crippen LogP contribution in [0.2, 0.25) is 0 Å². The lowest BCUT2D eigenvalue weighted by molar-refractivity contribution is -0.120. The van der Waals surface area contributed by atoms with Crippen LogP contribution in [0.5, 0.6) is 11.5 Å². The molecule has 2 atom stereocenters. The maximum Gasteiger partial charge on any atom is 0.234 e. The minimum absolute atomic E-state index is 0. The fraction of sp³-hybridized carbons (Fsp3) is 0.632. The Morgan fingerprint density at radius 3 is 2.65 bits per heavy atom. The molecule has 0 radical (unpaired) electrons. The minimum atomic E-state index is -0.105. The molecule has 148 valence electrons. The zero-order valence-corrected chi connectivity index (χ0v) is 16.7. The smallest absolute Gasteiger partial charge is 0.234 e. The molecule has 1 fully saturated rings. The van der Waals surface area contributed by atoms with Crippen LogP contribution in [0, 0.1) is 0 Å². The summed E-state index contributed by atoms with van der Waals surface area (Å²) in [7, 11) is 0. The van der Waals surface area contributed by atoms with Crippen molar-refractivity contribution in [2.45, 2.75) is 45.8 Å². The van der Waals surface area contributed by atoms with E-state index in [1.807, 2.05) is 39.0 Å². The second-order valence-electron chi connectivity index (χ2n) is 6.13. The van der Waals surface area contributed by atoms with Crippen molar-refractivity contribution >= 4 is 18.3 Å². The zero-order valence-electron chi connectivity index (χ0n) is 15.9. The first-order valence-corrected chi connectivity index (χ1v) is 9.15. The molecule has 6 nitrogen and oxygen atoms in total. The highest BCUT2D eigenvalue weighted by atomic mass is 35.5. The van der Waals surface area contributed by atoms with Gasteiger partial charge in [0.1, 0.15) is 0 Å². The molecule has 1 aliphatic heterocycles. The molecule has 0 aromatic heterocycles. The van der Waals surface area contributed by atoms with E-state index in [0.717, 1.165) is 37.3 Å². The number of rotatable bonds is 10. The van der Waals surface area contributed by atoms with Gasteiger partial charge in [0, 0.05) is 13.2 Å². The molecular weight excluding hydrogens is 356 g/mol. The molecule has 1 heterocycles. The van der Waals surface area contributed by atoms with Crippen molar-refractivity contribution in [3.63, 3.8) is 0 Å². The standard InChI is InChI=1S/C19H30N2O4.ClH/c1-4-23-17-9-8-15(11-18(17)24-5-2)14(3)21-19(22)13-20-12-16-7-6-10-25-16;/h8-9,11,14,16,20H,4-7,10,12-13H2,1-3H3,(H,21,22);1H. The van der Waals surface area contributed by atoms with Crippen LogP contribution < -0.4 is 20.1 Å². The van der Waals surface area contributed by atoms with Crippen LogP contribution in [-0.2, 0) is 9.53 Å². The number of carbonyl (C=O) groups excluding carboxylic acids is 1. The molecule has 2 N–H and O–H groups in total. The number of hydrogen-bond donors (Lipinski definition) is 2. The molecule has 1 aliphatic rings. The monoisotopic (exact) mass is 386 g/mol. The number of benzene rings is 1. The van der Waals surface area contributed by atoms with Crippen molar-refractivity contribution in [2.24, 2.45) is 0 Å². The molecular formula is C19H31ClN2O4. The fourth-order valence-electron chi connectivity index (χ4n) is 2.86. The normalized spacial score (nSPS) is 17.3. The lowest BCUT2D eigenvalue weighted by atomic mass is 10.1. The molecule has 26 heavy (non-hydrogen) atoms. The highest BCUT2D eigenvalue weighted by molar-refractivity contribution is 5.85. The van der Waals surface area contributed by atoms with Gasteiger partial charge in [0.25, 0.3) is 0 Å². The Hall–Kier alpha value is -1.50. The van der Waals surface area contributed by atoms with Crippen LogP contribution in [0.1, 0.15) is 45.2 Å². The molecule has 7 heteroatoms. The van der Waals surface area contributed by atoms with Crippen molar-refractivity contribution in [3.05, 3.63) is 23.8 Å². The van der Waals surface area contributed by atoms with Gasteiger partial charge in [0.05, 0.1) is 31.9 Å². The van der Waals surface area contributed by atoms with E-state index in [1.54, 1.807) is 0 Å². The Kier molecular flexibility index (Phi) is 10.4. The quantitative estimate of drug-likeness (QED) is 0.647. The van der Waals surface area contributed by atoms with E-state index in [0.29, 0.717) is 25.5 Å². The average molecular weight is 387 g/mol. The molecule has 1 saturated heterocycles. The van der Waals surface area contributed by atoms with E-state index in [9.17, 15) is 4.79 Å². The summed E-state index contributed by atoms with van der Waals surface area (Å²) in [6, 6.07) is 5.67. The predicted molar refractivity (Wildman–Crippen MR) is 104 cm³/mol. The van der Waals surface area contributed by atoms with Crippen molar-refractivity contribution in [1.29, 1.82) is 0 Å². The molecule has 0 saturated carbocycles. The Bertz CT molecular complexity index is 550. The molecule has 2 unspecified atom stereocenters. The van der Waals surface area contributed by atoms with E-state index < -0.39 is 0 Å². The highest BCUT2D eigenvalue weighted by Crippen LogP contribution is 2.30. The maximum atomic E-state index is 12.1. The Balaban J connectivity index is 0.00000338. The van der Waals surface area contributed by atoms with Crippen molar-refractivity contribution in [2.75, 3.05) is 32.9 Å². The molecule has 1 aromatic rings. The molecule has 0 spiro atoms. The molecule has 0 bridgehead atoms. The lowest BCUT2D eigenvalue weighted by Crippen LogP contribution is -2.38. The van der Waals surface area contributed by atoms with E-state index in [4.69, 9.17) is 14.2 Å². The summed E-state index contributed by atoms with van der Waals surface area (Å²) in [4.78, 5) is 12.1. The first kappa shape index (κ1) is 22.5. The minimum Gasteiger partial charge on any atom is -0.490 e. The van der Waals surface area contributed by atoms with Gasteiger partial charge in [-0.05, 0) is 51.3 Å². The third kappa shape index (κ3) is 7.02. The highest BCUT2D eigenvalue weighted by Gasteiger charge is 2.16. The van der Waals surface area contributed by atoms with E-state index in [-0.39, 0.29) is 30.5 Å². The second-order valence-corrected chi connectivity index (χ2v) is 6.13. The fourth-order valence-corrected chi connectivity index (χ4v) is 2.86. The Morgan fingerprint density at radius 1 is 1.27 bits per heavy atom. The van der Waals surface area contributed by atoms with Gasteiger partial charge in [-0.2, -0.15) is 0 Å². The van der Waals surface area contributed by atoms with Gasteiger partial charge in [-0.1, -0.05) is 6.07 Å². The second kappa shape index (κ2) is 12.0. The number of hydrogen-bond acceptors (Lipinski definition) is 5. The third-order valence-corrected chi connectivity index (χ3v) is 4.13. The number of carbonyl (C=O) groups is 1. The summed E-state index contributed by atoms with van der Waals surface area (Å²) in [5.41, 5.74) is 0.986. The van der Waals surface area contributed by atoms with Gasteiger partial charge < -0.3 is 24.8 Å². The van der Waals surface area contributed by atoms with Crippen LogP contribution in [-0.4, -0.2) is 44.9 Å². The topological polar surface area (TPSA) is 68.8 Å². The van der Waals surface area contributed by atoms with E-state index in [2.05, 4.69) is 10.6 Å². The summed E-state index contributed by atoms with van der Waals surface area (Å²) in [6.07, 6.45) is 2.41. The van der Waals surface area contributed by atoms with Crippen LogP contribution in [0.25, 0.3) is 0 Å². The van der Waals surface area contributed by atoms with Gasteiger partial charge >= 0.3 is 0 Å². The van der Waals surface area contributed by atoms with Crippen LogP contribution in [0.4, 0.5) is 0 Å². The van der Waals surface area contributed by atoms with E-state index in [1.165, 1.54) is 0 Å². The number of ether oxygens (including phenoxy) is 3. The summed E-state index contributed by atoms with van der Waals surface area (Å²) in [5, 5.41) is 6.16. The lowest BCUT2D eigenvalue weighted by Gasteiger charge is -2.18. The first-order valence-electron chi connectivity index (χ1n) is 9.15. The number of halogens is 1. The summed E-state index contributed by atoms with van der Waals surface area (Å²) in [6.45, 7) is 8.83. The SMILES string of the molecule is CCOc1ccc(C(C)NC(=O)CNCC2CCCO2)cc1OCC.Cl. The van der Waals surface area contributed by atoms with Gasteiger partial charge in [0.15, 0.2) is 11.5 Å². The predicted octanol–water partition coefficient (Wildman–Crippen LogP) is 2.85. The van der Waals surface area contributed by atoms with Gasteiger partial charge in [0.2, 0.25) is 5.91 Å². The number of amides is 1. The van der Waals surface area contributed by atoms with Crippen molar-refractivity contribution in [3.8, 4) is 11.5 Å². The van der Waals surface area contributed by atoms with Crippen LogP contribution >= 0.6 is 12.4 Å². The van der Waals surface area contributed by atoms with Crippen molar-refractivity contribution in [1.82, 2.24) is 10.6 Å². The third-order valence-electron chi connectivity index (χ3n) is 4.13. The van der Waals surface area contributed by atoms with Crippen LogP contribution in [0.3, 0.4) is 0 Å². The summed E-state index contributed by atoms with van der Waals surface area (Å²) >= 11 is 0. The van der Waals surface area contributed by atoms with Gasteiger partial charge in [-0.3, -0.25) is 4.79 Å². The van der Waals surface area contributed by atoms with Crippen molar-refractivity contribution < 1.29 is 19.0 Å². The van der Waals surface area contributed by atoms with Crippen LogP contribution in [0.15, 0.2) is 18.2 Å². The molecule has 1 amide bonds. The average Bonchev–Trinajstić information content (AvgIpc) is 3.10. The molecule has 1 aromatic carbocycles. The summed E-state index contributed by atoms with van der Waals surface area (Å²) < 4.78 is 16.7. The van der Waals surface area contributed by atoms with Gasteiger partial charge in [-0.25, -0.2) is 0 Å². The molecule has 0 aliphatic carbocycles. The number of nitrogens with one attached hydrogen (secondary N) is 2. The largest absolute Gasteiger partial charge is 0.490 e. The summed E-state index contributed by atoms with van der Waals surface area (Å²) in [5.74, 6) is 1.40. The first-order chi connectivity index (χ1) is 12.1. The maximum absolute atomic E-state index is 12.1. The van der Waals surface area contributed by atoms with Gasteiger partial charge in [-0.15, -0.1) is 12.4 Å². The van der Waals surface area contributed by atoms with E-state index >= 15 is 0 Å². The Labute approximate surface area is 162 Å². The molecule has 2 rings (SSSR count). The zero-order chi connectivity index (χ0) is 18.1. The Morgan fingerprint density at radius 2 is 2.00 bits per heavy atom.